The molecule has 0 radical (unpaired) electrons. The standard InChI is InChI=1S/C12H14FNO2/c1-16-12(15)10-7-9(5-6-11(10)13)14-8-3-2-4-8/h5-8,14H,2-4H2,1H3. The number of nitrogens with one attached hydrogen (secondary N) is 1. The molecule has 0 atom stereocenters. The highest BCUT2D eigenvalue weighted by Crippen LogP contribution is 2.24. The quantitative estimate of drug-likeness (QED) is 0.800. The molecule has 1 N–H and O–H groups in total. The smallest absolute Gasteiger partial charge is 0.340 e. The maximum Gasteiger partial charge on any atom is 0.340 e. The molecule has 0 saturated heterocycles. The molecule has 1 fully saturated rings. The molecule has 0 aliphatic heterocycles. The van der Waals surface area contributed by atoms with Gasteiger partial charge < -0.3 is 10.1 Å². The SMILES string of the molecule is COC(=O)c1cc(NC2CCC2)ccc1F. The molecular formula is C12H14FNO2. The first-order valence-corrected chi connectivity index (χ1v) is 5.35. The Morgan fingerprint density at radius 2 is 2.25 bits per heavy atom. The molecule has 2 rings (SSSR count). The zero-order chi connectivity index (χ0) is 11.5. The van der Waals surface area contributed by atoms with Crippen molar-refractivity contribution < 1.29 is 13.9 Å². The van der Waals surface area contributed by atoms with Crippen LogP contribution in [0.25, 0.3) is 0 Å². The van der Waals surface area contributed by atoms with Crippen LogP contribution in [-0.2, 0) is 4.74 Å². The van der Waals surface area contributed by atoms with E-state index in [4.69, 9.17) is 0 Å². The molecular weight excluding hydrogens is 209 g/mol. The largest absolute Gasteiger partial charge is 0.465 e. The number of esters is 1. The van der Waals surface area contributed by atoms with Gasteiger partial charge in [0.15, 0.2) is 0 Å². The average Bonchev–Trinajstić information content (AvgIpc) is 2.24. The van der Waals surface area contributed by atoms with E-state index in [2.05, 4.69) is 10.1 Å². The van der Waals surface area contributed by atoms with Crippen molar-refractivity contribution in [1.82, 2.24) is 0 Å². The Morgan fingerprint density at radius 3 is 2.81 bits per heavy atom. The number of methoxy groups -OCH3 is 1. The number of hydrogen-bond acceptors (Lipinski definition) is 3. The third-order valence-corrected chi connectivity index (χ3v) is 2.85. The molecule has 1 aromatic carbocycles. The molecule has 0 amide bonds. The fourth-order valence-electron chi connectivity index (χ4n) is 1.67. The summed E-state index contributed by atoms with van der Waals surface area (Å²) in [6.45, 7) is 0. The average molecular weight is 223 g/mol. The van der Waals surface area contributed by atoms with Gasteiger partial charge in [-0.2, -0.15) is 0 Å². The summed E-state index contributed by atoms with van der Waals surface area (Å²) >= 11 is 0. The van der Waals surface area contributed by atoms with E-state index in [0.29, 0.717) is 6.04 Å². The Bertz CT molecular complexity index is 402. The van der Waals surface area contributed by atoms with Crippen molar-refractivity contribution in [2.75, 3.05) is 12.4 Å². The van der Waals surface area contributed by atoms with Gasteiger partial charge in [-0.1, -0.05) is 0 Å². The van der Waals surface area contributed by atoms with Crippen molar-refractivity contribution in [1.29, 1.82) is 0 Å². The fraction of sp³-hybridized carbons (Fsp3) is 0.417. The van der Waals surface area contributed by atoms with Crippen LogP contribution in [-0.4, -0.2) is 19.1 Å². The summed E-state index contributed by atoms with van der Waals surface area (Å²) in [5.41, 5.74) is 0.748. The van der Waals surface area contributed by atoms with Crippen LogP contribution in [0, 0.1) is 5.82 Å². The van der Waals surface area contributed by atoms with Crippen LogP contribution in [0.15, 0.2) is 18.2 Å². The summed E-state index contributed by atoms with van der Waals surface area (Å²) in [4.78, 5) is 11.3. The Balaban J connectivity index is 2.17. The number of ether oxygens (including phenoxy) is 1. The van der Waals surface area contributed by atoms with Crippen LogP contribution < -0.4 is 5.32 Å². The first-order valence-electron chi connectivity index (χ1n) is 5.35. The van der Waals surface area contributed by atoms with Gasteiger partial charge in [0.2, 0.25) is 0 Å². The third kappa shape index (κ3) is 2.15. The highest BCUT2D eigenvalue weighted by atomic mass is 19.1. The molecule has 0 spiro atoms. The number of halogens is 1. The van der Waals surface area contributed by atoms with Crippen LogP contribution in [0.1, 0.15) is 29.6 Å². The van der Waals surface area contributed by atoms with E-state index in [1.165, 1.54) is 25.7 Å². The maximum atomic E-state index is 13.3. The van der Waals surface area contributed by atoms with Gasteiger partial charge in [-0.3, -0.25) is 0 Å². The normalized spacial score (nSPS) is 15.4. The topological polar surface area (TPSA) is 38.3 Å². The van der Waals surface area contributed by atoms with Crippen molar-refractivity contribution >= 4 is 11.7 Å². The lowest BCUT2D eigenvalue weighted by Gasteiger charge is -2.27. The van der Waals surface area contributed by atoms with Crippen LogP contribution in [0.4, 0.5) is 10.1 Å². The second-order valence-corrected chi connectivity index (χ2v) is 3.96. The molecule has 0 aromatic heterocycles. The Kier molecular flexibility index (Phi) is 3.08. The van der Waals surface area contributed by atoms with Gasteiger partial charge in [0.05, 0.1) is 12.7 Å². The van der Waals surface area contributed by atoms with Crippen molar-refractivity contribution in [2.24, 2.45) is 0 Å². The van der Waals surface area contributed by atoms with Crippen LogP contribution >= 0.6 is 0 Å². The molecule has 3 nitrogen and oxygen atoms in total. The summed E-state index contributed by atoms with van der Waals surface area (Å²) in [7, 11) is 1.24. The molecule has 4 heteroatoms. The van der Waals surface area contributed by atoms with Crippen molar-refractivity contribution in [3.05, 3.63) is 29.6 Å². The van der Waals surface area contributed by atoms with Gasteiger partial charge in [-0.05, 0) is 37.5 Å². The van der Waals surface area contributed by atoms with E-state index in [1.54, 1.807) is 6.07 Å². The monoisotopic (exact) mass is 223 g/mol. The number of carbonyl (C=O) groups excluding carboxylic acids is 1. The lowest BCUT2D eigenvalue weighted by molar-refractivity contribution is 0.0595. The third-order valence-electron chi connectivity index (χ3n) is 2.85. The number of carbonyl (C=O) groups is 1. The van der Waals surface area contributed by atoms with Crippen molar-refractivity contribution in [2.45, 2.75) is 25.3 Å². The predicted molar refractivity (Wildman–Crippen MR) is 59.0 cm³/mol. The minimum atomic E-state index is -0.644. The van der Waals surface area contributed by atoms with Gasteiger partial charge >= 0.3 is 5.97 Å². The highest BCUT2D eigenvalue weighted by Gasteiger charge is 2.18. The second kappa shape index (κ2) is 4.51. The molecule has 1 saturated carbocycles. The zero-order valence-electron chi connectivity index (χ0n) is 9.13. The van der Waals surface area contributed by atoms with Gasteiger partial charge in [-0.25, -0.2) is 9.18 Å². The van der Waals surface area contributed by atoms with Gasteiger partial charge in [-0.15, -0.1) is 0 Å². The number of anilines is 1. The summed E-state index contributed by atoms with van der Waals surface area (Å²) in [5.74, 6) is -1.19. The van der Waals surface area contributed by atoms with E-state index in [9.17, 15) is 9.18 Å². The second-order valence-electron chi connectivity index (χ2n) is 3.96. The predicted octanol–water partition coefficient (Wildman–Crippen LogP) is 2.58. The van der Waals surface area contributed by atoms with Gasteiger partial charge in [0, 0.05) is 11.7 Å². The van der Waals surface area contributed by atoms with E-state index in [-0.39, 0.29) is 5.56 Å². The molecule has 1 aliphatic rings. The van der Waals surface area contributed by atoms with Gasteiger partial charge in [0.25, 0.3) is 0 Å². The Hall–Kier alpha value is -1.58. The summed E-state index contributed by atoms with van der Waals surface area (Å²) in [6, 6.07) is 4.88. The zero-order valence-corrected chi connectivity index (χ0v) is 9.13. The summed E-state index contributed by atoms with van der Waals surface area (Å²) in [5, 5.41) is 3.25. The first kappa shape index (κ1) is 10.9. The number of rotatable bonds is 3. The number of hydrogen-bond donors (Lipinski definition) is 1. The van der Waals surface area contributed by atoms with Crippen LogP contribution in [0.3, 0.4) is 0 Å². The van der Waals surface area contributed by atoms with E-state index in [1.807, 2.05) is 0 Å². The minimum absolute atomic E-state index is 0.0215. The maximum absolute atomic E-state index is 13.3. The molecule has 0 unspecified atom stereocenters. The summed E-state index contributed by atoms with van der Waals surface area (Å²) < 4.78 is 17.8. The Labute approximate surface area is 93.6 Å². The van der Waals surface area contributed by atoms with Crippen LogP contribution in [0.2, 0.25) is 0 Å². The van der Waals surface area contributed by atoms with Gasteiger partial charge in [0.1, 0.15) is 5.82 Å². The lowest BCUT2D eigenvalue weighted by atomic mass is 9.93. The molecule has 0 bridgehead atoms. The lowest BCUT2D eigenvalue weighted by Crippen LogP contribution is -2.27. The van der Waals surface area contributed by atoms with Crippen molar-refractivity contribution in [3.63, 3.8) is 0 Å². The first-order chi connectivity index (χ1) is 7.70. The Morgan fingerprint density at radius 1 is 1.50 bits per heavy atom. The van der Waals surface area contributed by atoms with E-state index < -0.39 is 11.8 Å². The number of benzene rings is 1. The van der Waals surface area contributed by atoms with E-state index >= 15 is 0 Å². The molecule has 16 heavy (non-hydrogen) atoms. The summed E-state index contributed by atoms with van der Waals surface area (Å²) in [6.07, 6.45) is 3.48. The molecule has 1 aromatic rings. The van der Waals surface area contributed by atoms with E-state index in [0.717, 1.165) is 18.5 Å². The van der Waals surface area contributed by atoms with Crippen molar-refractivity contribution in [3.8, 4) is 0 Å². The molecule has 1 aliphatic carbocycles. The molecule has 86 valence electrons. The highest BCUT2D eigenvalue weighted by molar-refractivity contribution is 5.90. The minimum Gasteiger partial charge on any atom is -0.465 e. The fourth-order valence-corrected chi connectivity index (χ4v) is 1.67. The van der Waals surface area contributed by atoms with Crippen LogP contribution in [0.5, 0.6) is 0 Å². The molecule has 0 heterocycles.